The predicted octanol–water partition coefficient (Wildman–Crippen LogP) is 4.02. The van der Waals surface area contributed by atoms with Crippen LogP contribution in [0.2, 0.25) is 0 Å². The fourth-order valence-corrected chi connectivity index (χ4v) is 3.30. The molecular weight excluding hydrogens is 420 g/mol. The van der Waals surface area contributed by atoms with Gasteiger partial charge in [-0.1, -0.05) is 13.8 Å². The summed E-state index contributed by atoms with van der Waals surface area (Å²) in [5, 5.41) is 0. The largest absolute Gasteiger partial charge is 0.493 e. The minimum atomic E-state index is -0.444. The number of hydrazine groups is 1. The van der Waals surface area contributed by atoms with Crippen LogP contribution in [0.1, 0.15) is 40.3 Å². The van der Waals surface area contributed by atoms with Crippen LogP contribution in [0.15, 0.2) is 34.1 Å². The molecule has 0 aliphatic heterocycles. The molecule has 0 spiro atoms. The molecule has 26 heavy (non-hydrogen) atoms. The summed E-state index contributed by atoms with van der Waals surface area (Å²) in [6.07, 6.45) is 0.927. The van der Waals surface area contributed by atoms with Crippen molar-refractivity contribution in [1.82, 2.24) is 10.9 Å². The van der Waals surface area contributed by atoms with Crippen molar-refractivity contribution in [2.75, 3.05) is 13.7 Å². The molecule has 2 N–H and O–H groups in total. The minimum Gasteiger partial charge on any atom is -0.493 e. The highest BCUT2D eigenvalue weighted by Gasteiger charge is 2.14. The SMILES string of the molecule is COc1cc(C(=O)NNC(=O)c2ccc(Br)s2)ccc1OCCC(C)C. The molecule has 0 aliphatic carbocycles. The molecule has 0 aliphatic rings. The van der Waals surface area contributed by atoms with Crippen molar-refractivity contribution in [3.63, 3.8) is 0 Å². The maximum atomic E-state index is 12.2. The first kappa shape index (κ1) is 20.3. The van der Waals surface area contributed by atoms with E-state index >= 15 is 0 Å². The lowest BCUT2D eigenvalue weighted by molar-refractivity contribution is 0.0848. The van der Waals surface area contributed by atoms with Crippen molar-refractivity contribution in [3.8, 4) is 11.5 Å². The van der Waals surface area contributed by atoms with Crippen LogP contribution in [-0.4, -0.2) is 25.5 Å². The number of amides is 2. The third-order valence-corrected chi connectivity index (χ3v) is 5.09. The van der Waals surface area contributed by atoms with Gasteiger partial charge in [-0.05, 0) is 58.6 Å². The quantitative estimate of drug-likeness (QED) is 0.637. The van der Waals surface area contributed by atoms with Crippen molar-refractivity contribution in [1.29, 1.82) is 0 Å². The van der Waals surface area contributed by atoms with E-state index in [1.54, 1.807) is 30.3 Å². The van der Waals surface area contributed by atoms with Gasteiger partial charge in [0.1, 0.15) is 0 Å². The monoisotopic (exact) mass is 440 g/mol. The fraction of sp³-hybridized carbons (Fsp3) is 0.333. The molecule has 6 nitrogen and oxygen atoms in total. The van der Waals surface area contributed by atoms with Gasteiger partial charge >= 0.3 is 0 Å². The maximum Gasteiger partial charge on any atom is 0.279 e. The van der Waals surface area contributed by atoms with E-state index in [2.05, 4.69) is 40.6 Å². The second kappa shape index (κ2) is 9.59. The van der Waals surface area contributed by atoms with E-state index < -0.39 is 5.91 Å². The number of ether oxygens (including phenoxy) is 2. The van der Waals surface area contributed by atoms with Gasteiger partial charge in [0.2, 0.25) is 0 Å². The van der Waals surface area contributed by atoms with E-state index in [0.29, 0.717) is 34.5 Å². The Hall–Kier alpha value is -2.06. The lowest BCUT2D eigenvalue weighted by Gasteiger charge is -2.13. The van der Waals surface area contributed by atoms with Crippen LogP contribution in [-0.2, 0) is 0 Å². The minimum absolute atomic E-state index is 0.353. The number of nitrogens with one attached hydrogen (secondary N) is 2. The zero-order valence-corrected chi connectivity index (χ0v) is 17.2. The van der Waals surface area contributed by atoms with Crippen LogP contribution in [0.3, 0.4) is 0 Å². The standard InChI is InChI=1S/C18H21BrN2O4S/c1-11(2)8-9-25-13-5-4-12(10-14(13)24-3)17(22)20-21-18(23)15-6-7-16(19)26-15/h4-7,10-11H,8-9H2,1-3H3,(H,20,22)(H,21,23). The second-order valence-corrected chi connectivity index (χ2v) is 8.37. The van der Waals surface area contributed by atoms with Crippen molar-refractivity contribution in [2.45, 2.75) is 20.3 Å². The van der Waals surface area contributed by atoms with E-state index in [1.807, 2.05) is 0 Å². The van der Waals surface area contributed by atoms with Gasteiger partial charge in [0.15, 0.2) is 11.5 Å². The Labute approximate surface area is 165 Å². The summed E-state index contributed by atoms with van der Waals surface area (Å²) < 4.78 is 11.8. The molecule has 2 amide bonds. The molecule has 1 aromatic heterocycles. The Bertz CT molecular complexity index is 776. The number of hydrogen-bond donors (Lipinski definition) is 2. The van der Waals surface area contributed by atoms with E-state index in [-0.39, 0.29) is 5.91 Å². The van der Waals surface area contributed by atoms with Crippen LogP contribution < -0.4 is 20.3 Å². The molecular formula is C18H21BrN2O4S. The van der Waals surface area contributed by atoms with Crippen LogP contribution in [0.4, 0.5) is 0 Å². The van der Waals surface area contributed by atoms with Gasteiger partial charge in [-0.15, -0.1) is 11.3 Å². The van der Waals surface area contributed by atoms with Crippen molar-refractivity contribution in [2.24, 2.45) is 5.92 Å². The summed E-state index contributed by atoms with van der Waals surface area (Å²) in [6.45, 7) is 4.82. The van der Waals surface area contributed by atoms with Gasteiger partial charge in [-0.2, -0.15) is 0 Å². The zero-order chi connectivity index (χ0) is 19.1. The molecule has 1 aromatic carbocycles. The summed E-state index contributed by atoms with van der Waals surface area (Å²) in [5.74, 6) is 0.765. The smallest absolute Gasteiger partial charge is 0.279 e. The summed E-state index contributed by atoms with van der Waals surface area (Å²) in [6, 6.07) is 8.32. The van der Waals surface area contributed by atoms with Crippen molar-refractivity contribution >= 4 is 39.1 Å². The highest BCUT2D eigenvalue weighted by molar-refractivity contribution is 9.11. The average molecular weight is 441 g/mol. The van der Waals surface area contributed by atoms with Crippen molar-refractivity contribution in [3.05, 3.63) is 44.6 Å². The molecule has 1 heterocycles. The van der Waals surface area contributed by atoms with E-state index in [0.717, 1.165) is 10.2 Å². The molecule has 2 aromatic rings. The predicted molar refractivity (Wildman–Crippen MR) is 105 cm³/mol. The first-order valence-electron chi connectivity index (χ1n) is 8.07. The molecule has 0 radical (unpaired) electrons. The van der Waals surface area contributed by atoms with Gasteiger partial charge in [0.25, 0.3) is 11.8 Å². The Morgan fingerprint density at radius 1 is 1.12 bits per heavy atom. The number of benzene rings is 1. The van der Waals surface area contributed by atoms with Gasteiger partial charge in [-0.3, -0.25) is 20.4 Å². The van der Waals surface area contributed by atoms with Gasteiger partial charge in [-0.25, -0.2) is 0 Å². The molecule has 0 saturated heterocycles. The molecule has 0 atom stereocenters. The molecule has 2 rings (SSSR count). The Morgan fingerprint density at radius 2 is 1.85 bits per heavy atom. The Morgan fingerprint density at radius 3 is 2.46 bits per heavy atom. The lowest BCUT2D eigenvalue weighted by Crippen LogP contribution is -2.41. The van der Waals surface area contributed by atoms with Gasteiger partial charge < -0.3 is 9.47 Å². The summed E-state index contributed by atoms with van der Waals surface area (Å²) in [4.78, 5) is 24.7. The number of rotatable bonds is 7. The number of carbonyl (C=O) groups excluding carboxylic acids is 2. The Kier molecular flexibility index (Phi) is 7.47. The highest BCUT2D eigenvalue weighted by Crippen LogP contribution is 2.28. The molecule has 0 unspecified atom stereocenters. The lowest BCUT2D eigenvalue weighted by atomic mass is 10.1. The summed E-state index contributed by atoms with van der Waals surface area (Å²) in [7, 11) is 1.52. The molecule has 0 bridgehead atoms. The number of thiophene rings is 1. The summed E-state index contributed by atoms with van der Waals surface area (Å²) in [5.41, 5.74) is 5.13. The van der Waals surface area contributed by atoms with E-state index in [4.69, 9.17) is 9.47 Å². The van der Waals surface area contributed by atoms with Gasteiger partial charge in [0, 0.05) is 5.56 Å². The first-order chi connectivity index (χ1) is 12.4. The number of carbonyl (C=O) groups is 2. The Balaban J connectivity index is 1.96. The molecule has 0 fully saturated rings. The number of hydrogen-bond acceptors (Lipinski definition) is 5. The zero-order valence-electron chi connectivity index (χ0n) is 14.8. The molecule has 8 heteroatoms. The third-order valence-electron chi connectivity index (χ3n) is 3.47. The third kappa shape index (κ3) is 5.74. The van der Waals surface area contributed by atoms with Crippen LogP contribution in [0.5, 0.6) is 11.5 Å². The summed E-state index contributed by atoms with van der Waals surface area (Å²) >= 11 is 4.57. The van der Waals surface area contributed by atoms with Gasteiger partial charge in [0.05, 0.1) is 22.4 Å². The van der Waals surface area contributed by atoms with E-state index in [9.17, 15) is 9.59 Å². The molecule has 140 valence electrons. The first-order valence-corrected chi connectivity index (χ1v) is 9.68. The van der Waals surface area contributed by atoms with Crippen LogP contribution >= 0.6 is 27.3 Å². The highest BCUT2D eigenvalue weighted by atomic mass is 79.9. The molecule has 0 saturated carbocycles. The average Bonchev–Trinajstić information content (AvgIpc) is 3.05. The van der Waals surface area contributed by atoms with Crippen LogP contribution in [0.25, 0.3) is 0 Å². The van der Waals surface area contributed by atoms with Crippen LogP contribution in [0, 0.1) is 5.92 Å². The normalized spacial score (nSPS) is 10.5. The maximum absolute atomic E-state index is 12.2. The number of halogens is 1. The fourth-order valence-electron chi connectivity index (χ4n) is 2.02. The number of methoxy groups -OCH3 is 1. The topological polar surface area (TPSA) is 76.7 Å². The van der Waals surface area contributed by atoms with Crippen molar-refractivity contribution < 1.29 is 19.1 Å². The van der Waals surface area contributed by atoms with E-state index in [1.165, 1.54) is 18.4 Å². The second-order valence-electron chi connectivity index (χ2n) is 5.91.